The third kappa shape index (κ3) is 10.6. The molecule has 5 aromatic rings. The van der Waals surface area contributed by atoms with Gasteiger partial charge in [0.25, 0.3) is 20.2 Å². The molecular formula is C41H45F3N8O8S3. The van der Waals surface area contributed by atoms with E-state index in [0.717, 1.165) is 41.2 Å². The first-order chi connectivity index (χ1) is 30.3. The highest BCUT2D eigenvalue weighted by Crippen LogP contribution is 2.41. The Morgan fingerprint density at radius 2 is 1.48 bits per heavy atom. The lowest BCUT2D eigenvalue weighted by molar-refractivity contribution is -0.140. The second-order valence-electron chi connectivity index (χ2n) is 14.3. The van der Waals surface area contributed by atoms with Gasteiger partial charge in [0.15, 0.2) is 15.7 Å². The van der Waals surface area contributed by atoms with E-state index in [-0.39, 0.29) is 82.3 Å². The third-order valence-electron chi connectivity index (χ3n) is 10.2. The number of aromatic nitrogens is 3. The Kier molecular flexibility index (Phi) is 14.6. The zero-order valence-electron chi connectivity index (χ0n) is 34.2. The molecule has 2 N–H and O–H groups in total. The third-order valence-corrected chi connectivity index (χ3v) is 14.7. The molecule has 2 aromatic heterocycles. The minimum Gasteiger partial charge on any atom is -0.445 e. The van der Waals surface area contributed by atoms with Crippen LogP contribution in [-0.2, 0) is 41.1 Å². The van der Waals surface area contributed by atoms with Crippen molar-refractivity contribution in [2.45, 2.75) is 50.5 Å². The molecule has 7 rings (SSSR count). The standard InChI is InChI=1S/C41H45F3N8O8S3/c1-3-58-39(59-4-2)38-48-35(29-12-8-15-32(34(29)44)49-62(54,55)37-30(42)13-9-14-31(37)43)36(61-38)33-16-19-45-40(47-33)46-28-17-20-51(21-18-28)63(56,57)52-24-22-50(23-25-52)41(53)60-26-27-10-6-5-7-11-27/h5-16,19,28,39,49H,3-4,17-18,20-26H2,1-2H3,(H,45,46,47). The van der Waals surface area contributed by atoms with Crippen LogP contribution in [0.15, 0.2) is 83.9 Å². The maximum Gasteiger partial charge on any atom is 0.410 e. The van der Waals surface area contributed by atoms with E-state index in [2.05, 4.69) is 15.3 Å². The van der Waals surface area contributed by atoms with Gasteiger partial charge in [0.2, 0.25) is 12.2 Å². The van der Waals surface area contributed by atoms with Crippen molar-refractivity contribution in [1.82, 2.24) is 28.5 Å². The molecule has 0 spiro atoms. The highest BCUT2D eigenvalue weighted by molar-refractivity contribution is 7.92. The molecule has 22 heteroatoms. The van der Waals surface area contributed by atoms with Crippen molar-refractivity contribution >= 4 is 49.3 Å². The van der Waals surface area contributed by atoms with E-state index in [0.29, 0.717) is 28.4 Å². The molecule has 0 saturated carbocycles. The lowest BCUT2D eigenvalue weighted by Crippen LogP contribution is -2.55. The minimum atomic E-state index is -4.92. The summed E-state index contributed by atoms with van der Waals surface area (Å²) in [6.45, 7) is 5.31. The summed E-state index contributed by atoms with van der Waals surface area (Å²) in [7, 11) is -8.72. The Hall–Kier alpha value is -5.23. The van der Waals surface area contributed by atoms with E-state index in [1.165, 1.54) is 31.8 Å². The van der Waals surface area contributed by atoms with Crippen LogP contribution < -0.4 is 10.0 Å². The van der Waals surface area contributed by atoms with E-state index in [1.54, 1.807) is 19.9 Å². The van der Waals surface area contributed by atoms with Crippen molar-refractivity contribution in [2.75, 3.05) is 62.5 Å². The van der Waals surface area contributed by atoms with E-state index in [1.807, 2.05) is 35.1 Å². The molecule has 2 aliphatic rings. The van der Waals surface area contributed by atoms with Crippen LogP contribution in [0.5, 0.6) is 0 Å². The Morgan fingerprint density at radius 1 is 0.825 bits per heavy atom. The molecule has 63 heavy (non-hydrogen) atoms. The molecule has 4 heterocycles. The largest absolute Gasteiger partial charge is 0.445 e. The lowest BCUT2D eigenvalue weighted by Gasteiger charge is -2.38. The SMILES string of the molecule is CCOC(OCC)c1nc(-c2cccc(NS(=O)(=O)c3c(F)cccc3F)c2F)c(-c2ccnc(NC3CCN(S(=O)(=O)N4CCN(C(=O)OCc5ccccc5)CC4)CC3)n2)s1. The quantitative estimate of drug-likeness (QED) is 0.101. The highest BCUT2D eigenvalue weighted by Gasteiger charge is 2.36. The zero-order chi connectivity index (χ0) is 44.7. The van der Waals surface area contributed by atoms with Gasteiger partial charge >= 0.3 is 6.09 Å². The Bertz CT molecular complexity index is 2590. The summed E-state index contributed by atoms with van der Waals surface area (Å²) in [5.74, 6) is -3.56. The highest BCUT2D eigenvalue weighted by atomic mass is 32.2. The lowest BCUT2D eigenvalue weighted by atomic mass is 10.1. The topological polar surface area (TPSA) is 185 Å². The van der Waals surface area contributed by atoms with Gasteiger partial charge in [0, 0.05) is 70.3 Å². The molecule has 336 valence electrons. The van der Waals surface area contributed by atoms with Crippen LogP contribution in [0.25, 0.3) is 21.8 Å². The number of hydrogen-bond acceptors (Lipinski definition) is 13. The van der Waals surface area contributed by atoms with Crippen molar-refractivity contribution in [3.63, 3.8) is 0 Å². The van der Waals surface area contributed by atoms with Crippen LogP contribution >= 0.6 is 11.3 Å². The second-order valence-corrected chi connectivity index (χ2v) is 18.9. The molecule has 2 aliphatic heterocycles. The summed E-state index contributed by atoms with van der Waals surface area (Å²) in [5, 5.41) is 3.61. The van der Waals surface area contributed by atoms with Gasteiger partial charge in [-0.15, -0.1) is 11.3 Å². The number of hydrogen-bond donors (Lipinski definition) is 2. The van der Waals surface area contributed by atoms with Crippen LogP contribution in [0.2, 0.25) is 0 Å². The number of sulfonamides is 1. The fourth-order valence-electron chi connectivity index (χ4n) is 7.06. The average Bonchev–Trinajstić information content (AvgIpc) is 3.72. The van der Waals surface area contributed by atoms with Crippen molar-refractivity contribution in [1.29, 1.82) is 0 Å². The summed E-state index contributed by atoms with van der Waals surface area (Å²) in [4.78, 5) is 27.0. The van der Waals surface area contributed by atoms with E-state index in [4.69, 9.17) is 19.2 Å². The average molecular weight is 931 g/mol. The summed E-state index contributed by atoms with van der Waals surface area (Å²) in [6, 6.07) is 17.1. The molecule has 0 bridgehead atoms. The number of piperidine rings is 1. The number of carbonyl (C=O) groups is 1. The Labute approximate surface area is 367 Å². The zero-order valence-corrected chi connectivity index (χ0v) is 36.7. The van der Waals surface area contributed by atoms with Crippen molar-refractivity contribution < 1.29 is 49.0 Å². The van der Waals surface area contributed by atoms with Crippen LogP contribution in [0.1, 0.15) is 43.6 Å². The number of piperazine rings is 1. The predicted octanol–water partition coefficient (Wildman–Crippen LogP) is 6.63. The van der Waals surface area contributed by atoms with Crippen molar-refractivity contribution in [3.05, 3.63) is 107 Å². The first kappa shape index (κ1) is 45.8. The maximum atomic E-state index is 16.4. The first-order valence-electron chi connectivity index (χ1n) is 20.1. The molecule has 3 aromatic carbocycles. The van der Waals surface area contributed by atoms with Gasteiger partial charge in [-0.3, -0.25) is 4.72 Å². The number of thiazole rings is 1. The van der Waals surface area contributed by atoms with Crippen molar-refractivity contribution in [2.24, 2.45) is 0 Å². The van der Waals surface area contributed by atoms with Crippen LogP contribution in [0.4, 0.5) is 29.6 Å². The van der Waals surface area contributed by atoms with Crippen LogP contribution in [0, 0.1) is 17.5 Å². The molecule has 0 unspecified atom stereocenters. The molecule has 1 amide bonds. The number of nitrogens with one attached hydrogen (secondary N) is 2. The van der Waals surface area contributed by atoms with Gasteiger partial charge in [0.05, 0.1) is 22.0 Å². The smallest absolute Gasteiger partial charge is 0.410 e. The van der Waals surface area contributed by atoms with Gasteiger partial charge in [-0.1, -0.05) is 42.5 Å². The second kappa shape index (κ2) is 20.1. The number of nitrogens with zero attached hydrogens (tertiary/aromatic N) is 6. The Balaban J connectivity index is 1.05. The summed E-state index contributed by atoms with van der Waals surface area (Å²) >= 11 is 1.11. The van der Waals surface area contributed by atoms with Gasteiger partial charge in [-0.2, -0.15) is 17.0 Å². The fourth-order valence-corrected chi connectivity index (χ4v) is 10.9. The maximum absolute atomic E-state index is 16.4. The van der Waals surface area contributed by atoms with E-state index < -0.39 is 60.7 Å². The Morgan fingerprint density at radius 3 is 2.14 bits per heavy atom. The predicted molar refractivity (Wildman–Crippen MR) is 229 cm³/mol. The summed E-state index contributed by atoms with van der Waals surface area (Å²) in [5.41, 5.74) is 0.497. The number of halogens is 3. The number of ether oxygens (including phenoxy) is 3. The molecule has 0 radical (unpaired) electrons. The van der Waals surface area contributed by atoms with E-state index in [9.17, 15) is 30.4 Å². The normalized spacial score (nSPS) is 15.7. The summed E-state index contributed by atoms with van der Waals surface area (Å²) < 4.78 is 121. The molecule has 0 aliphatic carbocycles. The number of rotatable bonds is 16. The molecule has 16 nitrogen and oxygen atoms in total. The van der Waals surface area contributed by atoms with E-state index >= 15 is 4.39 Å². The van der Waals surface area contributed by atoms with Gasteiger partial charge in [-0.25, -0.2) is 41.3 Å². The molecule has 0 atom stereocenters. The fraction of sp³-hybridized carbons (Fsp3) is 0.366. The molecular weight excluding hydrogens is 886 g/mol. The monoisotopic (exact) mass is 930 g/mol. The van der Waals surface area contributed by atoms with Crippen LogP contribution in [-0.4, -0.2) is 110 Å². The molecule has 2 fully saturated rings. The molecule has 2 saturated heterocycles. The van der Waals surface area contributed by atoms with Gasteiger partial charge in [-0.05, 0) is 62.6 Å². The number of benzene rings is 3. The van der Waals surface area contributed by atoms with Gasteiger partial charge in [0.1, 0.15) is 18.2 Å². The minimum absolute atomic E-state index is 0.0584. The first-order valence-corrected chi connectivity index (χ1v) is 23.8. The number of amides is 1. The van der Waals surface area contributed by atoms with Crippen molar-refractivity contribution in [3.8, 4) is 21.8 Å². The van der Waals surface area contributed by atoms with Crippen LogP contribution in [0.3, 0.4) is 0 Å². The number of carbonyl (C=O) groups excluding carboxylic acids is 1. The summed E-state index contributed by atoms with van der Waals surface area (Å²) in [6.07, 6.45) is 0.937. The number of anilines is 2. The van der Waals surface area contributed by atoms with Gasteiger partial charge < -0.3 is 24.4 Å².